The summed E-state index contributed by atoms with van der Waals surface area (Å²) in [4.78, 5) is 24.1. The van der Waals surface area contributed by atoms with Gasteiger partial charge in [0.05, 0.1) is 17.6 Å². The number of carbonyl (C=O) groups is 1. The number of hydrogen-bond acceptors (Lipinski definition) is 4. The van der Waals surface area contributed by atoms with E-state index in [2.05, 4.69) is 0 Å². The van der Waals surface area contributed by atoms with Gasteiger partial charge in [0.15, 0.2) is 0 Å². The Hall–Kier alpha value is -2.67. The summed E-state index contributed by atoms with van der Waals surface area (Å²) in [5.41, 5.74) is 0.345. The predicted octanol–water partition coefficient (Wildman–Crippen LogP) is 3.67. The zero-order valence-corrected chi connectivity index (χ0v) is 13.7. The predicted molar refractivity (Wildman–Crippen MR) is 86.9 cm³/mol. The van der Waals surface area contributed by atoms with Crippen molar-refractivity contribution < 1.29 is 18.8 Å². The number of benzene rings is 2. The third kappa shape index (κ3) is 3.80. The first kappa shape index (κ1) is 17.7. The number of halogens is 2. The highest BCUT2D eigenvalue weighted by atomic mass is 35.5. The number of rotatable bonds is 5. The Bertz CT molecular complexity index is 798. The number of nitro groups is 1. The third-order valence-electron chi connectivity index (χ3n) is 3.39. The summed E-state index contributed by atoms with van der Waals surface area (Å²) in [6, 6.07) is 7.60. The monoisotopic (exact) mass is 352 g/mol. The van der Waals surface area contributed by atoms with Gasteiger partial charge in [-0.15, -0.1) is 0 Å². The van der Waals surface area contributed by atoms with E-state index in [-0.39, 0.29) is 23.5 Å². The van der Waals surface area contributed by atoms with Crippen LogP contribution in [0, 0.1) is 15.9 Å². The van der Waals surface area contributed by atoms with Crippen LogP contribution in [0.25, 0.3) is 0 Å². The first-order valence-corrected chi connectivity index (χ1v) is 7.23. The molecule has 0 fully saturated rings. The van der Waals surface area contributed by atoms with Crippen LogP contribution in [0.1, 0.15) is 15.9 Å². The maximum Gasteiger partial charge on any atom is 0.269 e. The van der Waals surface area contributed by atoms with Gasteiger partial charge >= 0.3 is 0 Å². The Morgan fingerprint density at radius 3 is 2.67 bits per heavy atom. The second-order valence-corrected chi connectivity index (χ2v) is 5.45. The van der Waals surface area contributed by atoms with Gasteiger partial charge in [0.1, 0.15) is 11.6 Å². The molecule has 0 aliphatic carbocycles. The van der Waals surface area contributed by atoms with Crippen molar-refractivity contribution in [2.75, 3.05) is 14.2 Å². The molecule has 0 saturated heterocycles. The van der Waals surface area contributed by atoms with Crippen molar-refractivity contribution in [3.05, 3.63) is 68.5 Å². The Morgan fingerprint density at radius 1 is 1.33 bits per heavy atom. The van der Waals surface area contributed by atoms with Crippen molar-refractivity contribution in [1.82, 2.24) is 4.90 Å². The van der Waals surface area contributed by atoms with Gasteiger partial charge in [0.2, 0.25) is 0 Å². The van der Waals surface area contributed by atoms with Crippen LogP contribution in [0.5, 0.6) is 5.75 Å². The van der Waals surface area contributed by atoms with Crippen LogP contribution in [-0.2, 0) is 6.54 Å². The highest BCUT2D eigenvalue weighted by molar-refractivity contribution is 6.31. The molecule has 0 N–H and O–H groups in total. The SMILES string of the molecule is COc1ccc(F)cc1C(=O)N(C)Cc1cc([N+](=O)[O-])ccc1Cl. The zero-order chi connectivity index (χ0) is 17.9. The summed E-state index contributed by atoms with van der Waals surface area (Å²) in [5.74, 6) is -0.826. The van der Waals surface area contributed by atoms with E-state index in [9.17, 15) is 19.3 Å². The molecule has 8 heteroatoms. The van der Waals surface area contributed by atoms with E-state index in [0.29, 0.717) is 10.6 Å². The summed E-state index contributed by atoms with van der Waals surface area (Å²) in [6.07, 6.45) is 0. The average molecular weight is 353 g/mol. The highest BCUT2D eigenvalue weighted by Crippen LogP contribution is 2.25. The largest absolute Gasteiger partial charge is 0.496 e. The van der Waals surface area contributed by atoms with Gasteiger partial charge in [-0.3, -0.25) is 14.9 Å². The molecule has 0 heterocycles. The van der Waals surface area contributed by atoms with Crippen molar-refractivity contribution in [2.45, 2.75) is 6.54 Å². The third-order valence-corrected chi connectivity index (χ3v) is 3.75. The fraction of sp³-hybridized carbons (Fsp3) is 0.188. The van der Waals surface area contributed by atoms with Crippen LogP contribution in [0.2, 0.25) is 5.02 Å². The van der Waals surface area contributed by atoms with Gasteiger partial charge in [-0.05, 0) is 29.8 Å². The fourth-order valence-corrected chi connectivity index (χ4v) is 2.35. The van der Waals surface area contributed by atoms with Gasteiger partial charge in [-0.1, -0.05) is 11.6 Å². The van der Waals surface area contributed by atoms with Crippen LogP contribution in [-0.4, -0.2) is 29.9 Å². The van der Waals surface area contributed by atoms with E-state index in [1.54, 1.807) is 0 Å². The number of hydrogen-bond donors (Lipinski definition) is 0. The molecule has 0 spiro atoms. The molecule has 6 nitrogen and oxygen atoms in total. The second kappa shape index (κ2) is 7.27. The van der Waals surface area contributed by atoms with Crippen molar-refractivity contribution in [3.63, 3.8) is 0 Å². The Labute approximate surface area is 142 Å². The lowest BCUT2D eigenvalue weighted by Gasteiger charge is -2.19. The van der Waals surface area contributed by atoms with Gasteiger partial charge < -0.3 is 9.64 Å². The number of carbonyl (C=O) groups excluding carboxylic acids is 1. The molecule has 1 amide bonds. The molecule has 2 aromatic rings. The summed E-state index contributed by atoms with van der Waals surface area (Å²) in [5, 5.41) is 11.1. The minimum Gasteiger partial charge on any atom is -0.496 e. The van der Waals surface area contributed by atoms with Crippen molar-refractivity contribution in [3.8, 4) is 5.75 Å². The van der Waals surface area contributed by atoms with Gasteiger partial charge in [0.25, 0.3) is 11.6 Å². The number of nitrogens with zero attached hydrogens (tertiary/aromatic N) is 2. The first-order chi connectivity index (χ1) is 11.3. The van der Waals surface area contributed by atoms with Crippen LogP contribution < -0.4 is 4.74 Å². The smallest absolute Gasteiger partial charge is 0.269 e. The standard InChI is InChI=1S/C16H14ClFN2O4/c1-19(9-10-7-12(20(22)23)4-5-14(10)17)16(21)13-8-11(18)3-6-15(13)24-2/h3-8H,9H2,1-2H3. The molecular formula is C16H14ClFN2O4. The molecule has 0 atom stereocenters. The molecule has 0 unspecified atom stereocenters. The van der Waals surface area contributed by atoms with Gasteiger partial charge in [-0.2, -0.15) is 0 Å². The van der Waals surface area contributed by atoms with E-state index in [4.69, 9.17) is 16.3 Å². The molecule has 0 aliphatic rings. The summed E-state index contributed by atoms with van der Waals surface area (Å²) >= 11 is 6.03. The molecule has 0 bridgehead atoms. The summed E-state index contributed by atoms with van der Waals surface area (Å²) in [6.45, 7) is 0.0268. The molecular weight excluding hydrogens is 339 g/mol. The Morgan fingerprint density at radius 2 is 2.04 bits per heavy atom. The van der Waals surface area contributed by atoms with E-state index in [1.807, 2.05) is 0 Å². The normalized spacial score (nSPS) is 10.3. The molecule has 126 valence electrons. The maximum atomic E-state index is 13.4. The van der Waals surface area contributed by atoms with E-state index in [1.165, 1.54) is 49.4 Å². The first-order valence-electron chi connectivity index (χ1n) is 6.85. The zero-order valence-electron chi connectivity index (χ0n) is 13.0. The number of methoxy groups -OCH3 is 1. The van der Waals surface area contributed by atoms with Crippen molar-refractivity contribution in [2.24, 2.45) is 0 Å². The molecule has 0 aliphatic heterocycles. The molecule has 0 saturated carbocycles. The summed E-state index contributed by atoms with van der Waals surface area (Å²) in [7, 11) is 2.86. The fourth-order valence-electron chi connectivity index (χ4n) is 2.18. The Kier molecular flexibility index (Phi) is 5.35. The topological polar surface area (TPSA) is 72.7 Å². The Balaban J connectivity index is 2.28. The molecule has 0 radical (unpaired) electrons. The number of amides is 1. The highest BCUT2D eigenvalue weighted by Gasteiger charge is 2.19. The molecule has 2 aromatic carbocycles. The van der Waals surface area contributed by atoms with Crippen LogP contribution in [0.4, 0.5) is 10.1 Å². The quantitative estimate of drug-likeness (QED) is 0.608. The lowest BCUT2D eigenvalue weighted by Crippen LogP contribution is -2.27. The summed E-state index contributed by atoms with van der Waals surface area (Å²) < 4.78 is 18.5. The van der Waals surface area contributed by atoms with E-state index in [0.717, 1.165) is 6.07 Å². The number of nitro benzene ring substituents is 1. The minimum atomic E-state index is -0.569. The number of non-ortho nitro benzene ring substituents is 1. The van der Waals surface area contributed by atoms with Crippen molar-refractivity contribution in [1.29, 1.82) is 0 Å². The maximum absolute atomic E-state index is 13.4. The van der Waals surface area contributed by atoms with Gasteiger partial charge in [-0.25, -0.2) is 4.39 Å². The van der Waals surface area contributed by atoms with Crippen LogP contribution in [0.3, 0.4) is 0 Å². The van der Waals surface area contributed by atoms with E-state index < -0.39 is 16.6 Å². The van der Waals surface area contributed by atoms with Crippen LogP contribution >= 0.6 is 11.6 Å². The number of ether oxygens (including phenoxy) is 1. The molecule has 0 aromatic heterocycles. The lowest BCUT2D eigenvalue weighted by atomic mass is 10.1. The minimum absolute atomic E-state index is 0.0268. The molecule has 24 heavy (non-hydrogen) atoms. The van der Waals surface area contributed by atoms with Crippen molar-refractivity contribution >= 4 is 23.2 Å². The second-order valence-electron chi connectivity index (χ2n) is 5.04. The van der Waals surface area contributed by atoms with E-state index >= 15 is 0 Å². The van der Waals surface area contributed by atoms with Gasteiger partial charge in [0, 0.05) is 30.7 Å². The molecule has 2 rings (SSSR count). The lowest BCUT2D eigenvalue weighted by molar-refractivity contribution is -0.384. The van der Waals surface area contributed by atoms with Crippen LogP contribution in [0.15, 0.2) is 36.4 Å². The average Bonchev–Trinajstić information content (AvgIpc) is 2.55.